The predicted octanol–water partition coefficient (Wildman–Crippen LogP) is 1.99. The lowest BCUT2D eigenvalue weighted by atomic mass is 9.73. The average molecular weight is 393 g/mol. The first kappa shape index (κ1) is 23.2. The SMILES string of the molecule is CCC[NH+](Cc1ccc(OC(C)C)cc1)C[C@@]1(C[NH+](C)C)CCOC(C)(C)C1. The van der Waals surface area contributed by atoms with E-state index in [1.54, 1.807) is 9.80 Å². The lowest BCUT2D eigenvalue weighted by Gasteiger charge is -2.45. The van der Waals surface area contributed by atoms with Crippen molar-refractivity contribution in [2.75, 3.05) is 40.3 Å². The molecular weight excluding hydrogens is 348 g/mol. The van der Waals surface area contributed by atoms with Crippen molar-refractivity contribution in [3.05, 3.63) is 29.8 Å². The van der Waals surface area contributed by atoms with E-state index in [0.29, 0.717) is 5.41 Å². The molecule has 160 valence electrons. The van der Waals surface area contributed by atoms with Crippen LogP contribution in [0.1, 0.15) is 59.4 Å². The van der Waals surface area contributed by atoms with Gasteiger partial charge in [0.25, 0.3) is 0 Å². The van der Waals surface area contributed by atoms with Crippen LogP contribution in [0.15, 0.2) is 24.3 Å². The summed E-state index contributed by atoms with van der Waals surface area (Å²) in [4.78, 5) is 3.24. The molecule has 1 heterocycles. The normalized spacial score (nSPS) is 23.2. The summed E-state index contributed by atoms with van der Waals surface area (Å²) in [5.74, 6) is 0.967. The molecule has 0 saturated carbocycles. The van der Waals surface area contributed by atoms with Crippen LogP contribution in [0.4, 0.5) is 0 Å². The van der Waals surface area contributed by atoms with Crippen LogP contribution in [0.25, 0.3) is 0 Å². The molecule has 1 fully saturated rings. The van der Waals surface area contributed by atoms with Crippen LogP contribution in [-0.4, -0.2) is 52.0 Å². The predicted molar refractivity (Wildman–Crippen MR) is 116 cm³/mol. The first-order valence-corrected chi connectivity index (χ1v) is 11.2. The van der Waals surface area contributed by atoms with E-state index in [0.717, 1.165) is 25.3 Å². The van der Waals surface area contributed by atoms with Gasteiger partial charge in [-0.2, -0.15) is 0 Å². The summed E-state index contributed by atoms with van der Waals surface area (Å²) in [7, 11) is 4.58. The summed E-state index contributed by atoms with van der Waals surface area (Å²) in [5, 5.41) is 0. The fourth-order valence-corrected chi connectivity index (χ4v) is 5.07. The van der Waals surface area contributed by atoms with Crippen LogP contribution >= 0.6 is 0 Å². The Kier molecular flexibility index (Phi) is 8.35. The molecule has 0 radical (unpaired) electrons. The van der Waals surface area contributed by atoms with E-state index in [1.807, 2.05) is 0 Å². The molecule has 1 aromatic carbocycles. The third-order valence-electron chi connectivity index (χ3n) is 5.63. The van der Waals surface area contributed by atoms with Crippen molar-refractivity contribution < 1.29 is 19.3 Å². The smallest absolute Gasteiger partial charge is 0.119 e. The van der Waals surface area contributed by atoms with E-state index in [1.165, 1.54) is 38.0 Å². The highest BCUT2D eigenvalue weighted by atomic mass is 16.5. The van der Waals surface area contributed by atoms with Crippen LogP contribution < -0.4 is 14.5 Å². The Balaban J connectivity index is 2.12. The zero-order valence-electron chi connectivity index (χ0n) is 19.4. The quantitative estimate of drug-likeness (QED) is 0.637. The highest BCUT2D eigenvalue weighted by Crippen LogP contribution is 2.37. The van der Waals surface area contributed by atoms with Crippen molar-refractivity contribution in [3.63, 3.8) is 0 Å². The van der Waals surface area contributed by atoms with Crippen LogP contribution in [-0.2, 0) is 11.3 Å². The highest BCUT2D eigenvalue weighted by Gasteiger charge is 2.45. The second kappa shape index (κ2) is 10.1. The molecular formula is C24H44N2O2+2. The van der Waals surface area contributed by atoms with Crippen LogP contribution in [0.2, 0.25) is 0 Å². The van der Waals surface area contributed by atoms with Gasteiger partial charge in [0.15, 0.2) is 0 Å². The van der Waals surface area contributed by atoms with Crippen molar-refractivity contribution >= 4 is 0 Å². The molecule has 1 aliphatic heterocycles. The van der Waals surface area contributed by atoms with Gasteiger partial charge in [0, 0.05) is 12.2 Å². The van der Waals surface area contributed by atoms with Gasteiger partial charge < -0.3 is 19.3 Å². The molecule has 0 aliphatic carbocycles. The lowest BCUT2D eigenvalue weighted by Crippen LogP contribution is -3.14. The highest BCUT2D eigenvalue weighted by molar-refractivity contribution is 5.26. The summed E-state index contributed by atoms with van der Waals surface area (Å²) in [6, 6.07) is 8.72. The number of benzene rings is 1. The average Bonchev–Trinajstić information content (AvgIpc) is 2.54. The summed E-state index contributed by atoms with van der Waals surface area (Å²) in [6.07, 6.45) is 3.77. The van der Waals surface area contributed by atoms with Crippen molar-refractivity contribution in [3.8, 4) is 5.75 Å². The number of ether oxygens (including phenoxy) is 2. The second-order valence-electron chi connectivity index (χ2n) is 10.1. The first-order chi connectivity index (χ1) is 13.1. The van der Waals surface area contributed by atoms with Crippen molar-refractivity contribution in [2.45, 2.75) is 72.1 Å². The Labute approximate surface area is 173 Å². The van der Waals surface area contributed by atoms with Crippen molar-refractivity contribution in [1.29, 1.82) is 0 Å². The molecule has 1 aliphatic rings. The fraction of sp³-hybridized carbons (Fsp3) is 0.750. The minimum atomic E-state index is -0.0130. The number of rotatable bonds is 10. The van der Waals surface area contributed by atoms with Crippen LogP contribution in [0, 0.1) is 5.41 Å². The third-order valence-corrected chi connectivity index (χ3v) is 5.63. The van der Waals surface area contributed by atoms with Gasteiger partial charge in [-0.3, -0.25) is 0 Å². The van der Waals surface area contributed by atoms with E-state index in [-0.39, 0.29) is 11.7 Å². The molecule has 4 heteroatoms. The van der Waals surface area contributed by atoms with E-state index in [2.05, 4.69) is 73.0 Å². The summed E-state index contributed by atoms with van der Waals surface area (Å²) < 4.78 is 11.9. The zero-order valence-corrected chi connectivity index (χ0v) is 19.4. The van der Waals surface area contributed by atoms with Gasteiger partial charge in [-0.1, -0.05) is 6.92 Å². The maximum atomic E-state index is 6.07. The molecule has 28 heavy (non-hydrogen) atoms. The Bertz CT molecular complexity index is 583. The number of quaternary nitrogens is 2. The van der Waals surface area contributed by atoms with E-state index < -0.39 is 0 Å². The molecule has 1 unspecified atom stereocenters. The maximum Gasteiger partial charge on any atom is 0.119 e. The monoisotopic (exact) mass is 392 g/mol. The molecule has 2 N–H and O–H groups in total. The molecule has 0 aromatic heterocycles. The molecule has 1 aromatic rings. The summed E-state index contributed by atoms with van der Waals surface area (Å²) >= 11 is 0. The largest absolute Gasteiger partial charge is 0.491 e. The van der Waals surface area contributed by atoms with Gasteiger partial charge in [-0.25, -0.2) is 0 Å². The standard InChI is InChI=1S/C24H42N2O2/c1-8-14-26(16-21-9-11-22(12-10-21)28-20(2)3)19-24(18-25(6)7)13-15-27-23(4,5)17-24/h9-12,20H,8,13-19H2,1-7H3/p+2/t24-/m0/s1. The molecule has 0 bridgehead atoms. The molecule has 2 rings (SSSR count). The molecule has 0 amide bonds. The minimum absolute atomic E-state index is 0.0130. The van der Waals surface area contributed by atoms with Crippen LogP contribution in [0.3, 0.4) is 0 Å². The second-order valence-corrected chi connectivity index (χ2v) is 10.1. The Morgan fingerprint density at radius 1 is 1.11 bits per heavy atom. The van der Waals surface area contributed by atoms with Gasteiger partial charge in [-0.15, -0.1) is 0 Å². The van der Waals surface area contributed by atoms with Crippen molar-refractivity contribution in [2.24, 2.45) is 5.41 Å². The molecule has 2 atom stereocenters. The number of nitrogens with one attached hydrogen (secondary N) is 2. The number of hydrogen-bond donors (Lipinski definition) is 2. The summed E-state index contributed by atoms with van der Waals surface area (Å²) in [5.41, 5.74) is 1.74. The van der Waals surface area contributed by atoms with Gasteiger partial charge in [0.1, 0.15) is 12.3 Å². The minimum Gasteiger partial charge on any atom is -0.491 e. The zero-order chi connectivity index (χ0) is 20.8. The Morgan fingerprint density at radius 3 is 2.32 bits per heavy atom. The fourth-order valence-electron chi connectivity index (χ4n) is 5.07. The topological polar surface area (TPSA) is 27.3 Å². The summed E-state index contributed by atoms with van der Waals surface area (Å²) in [6.45, 7) is 16.6. The Hall–Kier alpha value is -1.10. The first-order valence-electron chi connectivity index (χ1n) is 11.2. The Morgan fingerprint density at radius 2 is 1.79 bits per heavy atom. The van der Waals surface area contributed by atoms with Gasteiger partial charge >= 0.3 is 0 Å². The van der Waals surface area contributed by atoms with E-state index >= 15 is 0 Å². The molecule has 0 spiro atoms. The number of hydrogen-bond acceptors (Lipinski definition) is 2. The molecule has 1 saturated heterocycles. The van der Waals surface area contributed by atoms with Gasteiger partial charge in [0.05, 0.1) is 50.8 Å². The van der Waals surface area contributed by atoms with Gasteiger partial charge in [-0.05, 0) is 71.2 Å². The van der Waals surface area contributed by atoms with Crippen molar-refractivity contribution in [1.82, 2.24) is 0 Å². The molecule has 4 nitrogen and oxygen atoms in total. The maximum absolute atomic E-state index is 6.07. The van der Waals surface area contributed by atoms with E-state index in [4.69, 9.17) is 9.47 Å². The van der Waals surface area contributed by atoms with Gasteiger partial charge in [0.2, 0.25) is 0 Å². The van der Waals surface area contributed by atoms with E-state index in [9.17, 15) is 0 Å². The van der Waals surface area contributed by atoms with Crippen LogP contribution in [0.5, 0.6) is 5.75 Å². The lowest BCUT2D eigenvalue weighted by molar-refractivity contribution is -0.931. The third kappa shape index (κ3) is 7.38.